The summed E-state index contributed by atoms with van der Waals surface area (Å²) < 4.78 is 1.02. The Morgan fingerprint density at radius 3 is 2.62 bits per heavy atom. The number of hydrogen-bond acceptors (Lipinski definition) is 7. The smallest absolute Gasteiger partial charge is 0.311 e. The molecule has 0 spiro atoms. The van der Waals surface area contributed by atoms with Gasteiger partial charge in [0.15, 0.2) is 0 Å². The van der Waals surface area contributed by atoms with Crippen LogP contribution in [-0.2, 0) is 6.42 Å². The number of phenolic OH excluding ortho intramolecular Hbond substituents is 1. The maximum Gasteiger partial charge on any atom is 0.311 e. The number of hydrazone groups is 1. The van der Waals surface area contributed by atoms with Crippen LogP contribution in [0.5, 0.6) is 5.75 Å². The number of benzene rings is 3. The van der Waals surface area contributed by atoms with E-state index < -0.39 is 10.7 Å². The van der Waals surface area contributed by atoms with Crippen molar-refractivity contribution in [1.82, 2.24) is 4.98 Å². The number of nitrogens with zero attached hydrogens (tertiary/aromatic N) is 3. The van der Waals surface area contributed by atoms with Crippen LogP contribution in [0.2, 0.25) is 0 Å². The lowest BCUT2D eigenvalue weighted by Gasteiger charge is -2.06. The van der Waals surface area contributed by atoms with Gasteiger partial charge in [-0.3, -0.25) is 15.5 Å². The number of nitro benzene ring substituents is 1. The molecule has 29 heavy (non-hydrogen) atoms. The highest BCUT2D eigenvalue weighted by molar-refractivity contribution is 7.22. The Hall–Kier alpha value is -3.78. The van der Waals surface area contributed by atoms with Crippen LogP contribution in [0.1, 0.15) is 16.7 Å². The number of nitro groups is 1. The number of thiazole rings is 1. The molecule has 0 radical (unpaired) electrons. The highest BCUT2D eigenvalue weighted by atomic mass is 32.1. The van der Waals surface area contributed by atoms with Crippen molar-refractivity contribution >= 4 is 38.6 Å². The number of para-hydroxylation sites is 1. The van der Waals surface area contributed by atoms with Gasteiger partial charge in [0.25, 0.3) is 0 Å². The molecule has 0 aliphatic rings. The molecule has 3 aromatic carbocycles. The molecule has 4 rings (SSSR count). The fourth-order valence-corrected chi connectivity index (χ4v) is 3.77. The third-order valence-electron chi connectivity index (χ3n) is 4.28. The Kier molecular flexibility index (Phi) is 5.17. The second-order valence-corrected chi connectivity index (χ2v) is 7.36. The van der Waals surface area contributed by atoms with Gasteiger partial charge in [-0.2, -0.15) is 5.10 Å². The molecule has 0 amide bonds. The number of aromatic hydroxyl groups is 1. The summed E-state index contributed by atoms with van der Waals surface area (Å²) in [5.74, 6) is -0.415. The number of nitrogens with one attached hydrogen (secondary N) is 1. The van der Waals surface area contributed by atoms with Crippen molar-refractivity contribution in [2.75, 3.05) is 5.43 Å². The van der Waals surface area contributed by atoms with E-state index in [-0.39, 0.29) is 11.3 Å². The summed E-state index contributed by atoms with van der Waals surface area (Å²) in [6.45, 7) is 0. The normalized spacial score (nSPS) is 11.2. The van der Waals surface area contributed by atoms with Gasteiger partial charge in [0.05, 0.1) is 21.4 Å². The minimum absolute atomic E-state index is 0.263. The second-order valence-electron chi connectivity index (χ2n) is 6.33. The lowest BCUT2D eigenvalue weighted by Crippen LogP contribution is -1.98. The zero-order valence-corrected chi connectivity index (χ0v) is 16.0. The average Bonchev–Trinajstić information content (AvgIpc) is 3.13. The van der Waals surface area contributed by atoms with Crippen molar-refractivity contribution in [3.05, 3.63) is 93.5 Å². The van der Waals surface area contributed by atoms with Gasteiger partial charge in [0, 0.05) is 11.6 Å². The molecule has 4 aromatic rings. The van der Waals surface area contributed by atoms with Crippen LogP contribution in [0.3, 0.4) is 0 Å². The third-order valence-corrected chi connectivity index (χ3v) is 5.23. The van der Waals surface area contributed by atoms with Crippen LogP contribution < -0.4 is 5.43 Å². The standard InChI is InChI=1S/C21H16N4O3S/c26-20-16(13-22-24-21-23-17-8-4-5-9-19(17)29-21)11-15(12-18(20)25(27)28)10-14-6-2-1-3-7-14/h1-9,11-13,26H,10H2,(H,23,24). The van der Waals surface area contributed by atoms with Crippen molar-refractivity contribution < 1.29 is 10.0 Å². The fraction of sp³-hybridized carbons (Fsp3) is 0.0476. The quantitative estimate of drug-likeness (QED) is 0.269. The maximum atomic E-state index is 11.4. The minimum Gasteiger partial charge on any atom is -0.502 e. The Morgan fingerprint density at radius 2 is 1.86 bits per heavy atom. The average molecular weight is 404 g/mol. The van der Waals surface area contributed by atoms with Crippen molar-refractivity contribution in [3.63, 3.8) is 0 Å². The maximum absolute atomic E-state index is 11.4. The largest absolute Gasteiger partial charge is 0.502 e. The van der Waals surface area contributed by atoms with Crippen LogP contribution in [0.15, 0.2) is 71.8 Å². The number of rotatable bonds is 6. The van der Waals surface area contributed by atoms with E-state index >= 15 is 0 Å². The molecular formula is C21H16N4O3S. The van der Waals surface area contributed by atoms with Crippen LogP contribution in [0.4, 0.5) is 10.8 Å². The van der Waals surface area contributed by atoms with E-state index in [1.807, 2.05) is 54.6 Å². The molecule has 2 N–H and O–H groups in total. The molecule has 0 aliphatic carbocycles. The van der Waals surface area contributed by atoms with Crippen LogP contribution in [0.25, 0.3) is 10.2 Å². The molecule has 144 valence electrons. The van der Waals surface area contributed by atoms with E-state index in [1.165, 1.54) is 23.6 Å². The van der Waals surface area contributed by atoms with E-state index in [2.05, 4.69) is 15.5 Å². The first-order valence-corrected chi connectivity index (χ1v) is 9.60. The van der Waals surface area contributed by atoms with Crippen molar-refractivity contribution in [3.8, 4) is 5.75 Å². The van der Waals surface area contributed by atoms with Gasteiger partial charge in [0.1, 0.15) is 0 Å². The molecule has 0 aliphatic heterocycles. The lowest BCUT2D eigenvalue weighted by atomic mass is 10.0. The number of aromatic nitrogens is 1. The molecule has 0 atom stereocenters. The number of anilines is 1. The zero-order valence-electron chi connectivity index (χ0n) is 15.1. The molecule has 1 heterocycles. The first kappa shape index (κ1) is 18.6. The summed E-state index contributed by atoms with van der Waals surface area (Å²) in [5.41, 5.74) is 5.33. The monoisotopic (exact) mass is 404 g/mol. The Morgan fingerprint density at radius 1 is 1.10 bits per heavy atom. The summed E-state index contributed by atoms with van der Waals surface area (Å²) in [6, 6.07) is 20.4. The topological polar surface area (TPSA) is 101 Å². The van der Waals surface area contributed by atoms with Gasteiger partial charge >= 0.3 is 5.69 Å². The van der Waals surface area contributed by atoms with Gasteiger partial charge in [-0.15, -0.1) is 0 Å². The van der Waals surface area contributed by atoms with Gasteiger partial charge in [-0.05, 0) is 35.7 Å². The highest BCUT2D eigenvalue weighted by Gasteiger charge is 2.18. The van der Waals surface area contributed by atoms with E-state index in [0.29, 0.717) is 17.1 Å². The predicted octanol–water partition coefficient (Wildman–Crippen LogP) is 4.95. The third kappa shape index (κ3) is 4.22. The molecule has 0 unspecified atom stereocenters. The highest BCUT2D eigenvalue weighted by Crippen LogP contribution is 2.31. The molecule has 1 aromatic heterocycles. The first-order chi connectivity index (χ1) is 14.1. The van der Waals surface area contributed by atoms with Crippen molar-refractivity contribution in [2.45, 2.75) is 6.42 Å². The first-order valence-electron chi connectivity index (χ1n) is 8.79. The predicted molar refractivity (Wildman–Crippen MR) is 115 cm³/mol. The van der Waals surface area contributed by atoms with Crippen molar-refractivity contribution in [1.29, 1.82) is 0 Å². The van der Waals surface area contributed by atoms with Gasteiger partial charge < -0.3 is 5.11 Å². The van der Waals surface area contributed by atoms with Crippen molar-refractivity contribution in [2.24, 2.45) is 5.10 Å². The SMILES string of the molecule is O=[N+]([O-])c1cc(Cc2ccccc2)cc(C=NNc2nc3ccccc3s2)c1O. The zero-order chi connectivity index (χ0) is 20.2. The molecule has 0 bridgehead atoms. The molecule has 0 saturated heterocycles. The molecular weight excluding hydrogens is 388 g/mol. The second kappa shape index (κ2) is 8.07. The molecule has 7 nitrogen and oxygen atoms in total. The number of fused-ring (bicyclic) bond motifs is 1. The fourth-order valence-electron chi connectivity index (χ4n) is 2.95. The molecule has 0 fully saturated rings. The van der Waals surface area contributed by atoms with Crippen LogP contribution >= 0.6 is 11.3 Å². The van der Waals surface area contributed by atoms with Crippen LogP contribution in [0, 0.1) is 10.1 Å². The van der Waals surface area contributed by atoms with Gasteiger partial charge in [-0.1, -0.05) is 53.8 Å². The summed E-state index contributed by atoms with van der Waals surface area (Å²) in [7, 11) is 0. The van der Waals surface area contributed by atoms with E-state index in [4.69, 9.17) is 0 Å². The Balaban J connectivity index is 1.60. The summed E-state index contributed by atoms with van der Waals surface area (Å²) in [5, 5.41) is 26.3. The number of hydrogen-bond donors (Lipinski definition) is 2. The van der Waals surface area contributed by atoms with E-state index in [9.17, 15) is 15.2 Å². The lowest BCUT2D eigenvalue weighted by molar-refractivity contribution is -0.385. The van der Waals surface area contributed by atoms with Gasteiger partial charge in [0.2, 0.25) is 10.9 Å². The summed E-state index contributed by atoms with van der Waals surface area (Å²) in [4.78, 5) is 15.2. The molecule has 8 heteroatoms. The summed E-state index contributed by atoms with van der Waals surface area (Å²) in [6.07, 6.45) is 1.87. The minimum atomic E-state index is -0.595. The Bertz CT molecular complexity index is 1170. The number of phenols is 1. The van der Waals surface area contributed by atoms with Gasteiger partial charge in [-0.25, -0.2) is 4.98 Å². The van der Waals surface area contributed by atoms with Crippen LogP contribution in [-0.4, -0.2) is 21.2 Å². The van der Waals surface area contributed by atoms with E-state index in [1.54, 1.807) is 6.07 Å². The summed E-state index contributed by atoms with van der Waals surface area (Å²) >= 11 is 1.44. The Labute approximate surface area is 170 Å². The van der Waals surface area contributed by atoms with E-state index in [0.717, 1.165) is 15.8 Å². The molecule has 0 saturated carbocycles.